The van der Waals surface area contributed by atoms with Crippen LogP contribution in [0.2, 0.25) is 0 Å². The van der Waals surface area contributed by atoms with Gasteiger partial charge in [-0.3, -0.25) is 9.59 Å². The highest BCUT2D eigenvalue weighted by Crippen LogP contribution is 2.31. The van der Waals surface area contributed by atoms with E-state index in [0.29, 0.717) is 12.5 Å². The SMILES string of the molecule is CC(=O)NCC(CC(=O)O)C1CCCCC1. The molecule has 0 heterocycles. The second kappa shape index (κ2) is 6.51. The molecular formula is C12H21NO3. The summed E-state index contributed by atoms with van der Waals surface area (Å²) in [6.45, 7) is 1.98. The molecule has 1 aliphatic rings. The van der Waals surface area contributed by atoms with E-state index in [4.69, 9.17) is 5.11 Å². The Balaban J connectivity index is 2.47. The van der Waals surface area contributed by atoms with Gasteiger partial charge in [0.1, 0.15) is 0 Å². The van der Waals surface area contributed by atoms with Crippen LogP contribution in [0.5, 0.6) is 0 Å². The van der Waals surface area contributed by atoms with Gasteiger partial charge in [-0.05, 0) is 11.8 Å². The lowest BCUT2D eigenvalue weighted by Crippen LogP contribution is -2.33. The van der Waals surface area contributed by atoms with Crippen molar-refractivity contribution in [2.45, 2.75) is 45.4 Å². The van der Waals surface area contributed by atoms with E-state index < -0.39 is 5.97 Å². The Hall–Kier alpha value is -1.06. The predicted octanol–water partition coefficient (Wildman–Crippen LogP) is 1.79. The fraction of sp³-hybridized carbons (Fsp3) is 0.833. The van der Waals surface area contributed by atoms with Crippen LogP contribution in [-0.4, -0.2) is 23.5 Å². The summed E-state index contributed by atoms with van der Waals surface area (Å²) in [6.07, 6.45) is 6.04. The minimum atomic E-state index is -0.763. The Kier molecular flexibility index (Phi) is 5.29. The van der Waals surface area contributed by atoms with Gasteiger partial charge in [0.15, 0.2) is 0 Å². The Morgan fingerprint density at radius 3 is 2.44 bits per heavy atom. The first-order valence-corrected chi connectivity index (χ1v) is 6.06. The molecule has 1 unspecified atom stereocenters. The minimum absolute atomic E-state index is 0.0776. The molecule has 1 amide bonds. The summed E-state index contributed by atoms with van der Waals surface area (Å²) in [7, 11) is 0. The van der Waals surface area contributed by atoms with Gasteiger partial charge in [0.05, 0.1) is 6.42 Å². The fourth-order valence-electron chi connectivity index (χ4n) is 2.51. The minimum Gasteiger partial charge on any atom is -0.481 e. The number of nitrogens with one attached hydrogen (secondary N) is 1. The summed E-state index contributed by atoms with van der Waals surface area (Å²) >= 11 is 0. The van der Waals surface area contributed by atoms with Gasteiger partial charge < -0.3 is 10.4 Å². The van der Waals surface area contributed by atoms with E-state index in [1.165, 1.54) is 26.2 Å². The lowest BCUT2D eigenvalue weighted by Gasteiger charge is -2.29. The first-order valence-electron chi connectivity index (χ1n) is 6.06. The Morgan fingerprint density at radius 2 is 1.94 bits per heavy atom. The molecule has 0 aromatic rings. The van der Waals surface area contributed by atoms with Crippen molar-refractivity contribution in [3.05, 3.63) is 0 Å². The average Bonchev–Trinajstić information content (AvgIpc) is 2.25. The van der Waals surface area contributed by atoms with Gasteiger partial charge in [-0.25, -0.2) is 0 Å². The van der Waals surface area contributed by atoms with E-state index in [9.17, 15) is 9.59 Å². The Morgan fingerprint density at radius 1 is 1.31 bits per heavy atom. The molecule has 92 valence electrons. The van der Waals surface area contributed by atoms with Crippen molar-refractivity contribution < 1.29 is 14.7 Å². The second-order valence-corrected chi connectivity index (χ2v) is 4.69. The van der Waals surface area contributed by atoms with Crippen molar-refractivity contribution in [3.8, 4) is 0 Å². The average molecular weight is 227 g/mol. The number of amides is 1. The molecule has 2 N–H and O–H groups in total. The monoisotopic (exact) mass is 227 g/mol. The van der Waals surface area contributed by atoms with Crippen LogP contribution in [-0.2, 0) is 9.59 Å². The normalized spacial score (nSPS) is 19.1. The standard InChI is InChI=1S/C12H21NO3/c1-9(14)13-8-11(7-12(15)16)10-5-3-2-4-6-10/h10-11H,2-8H2,1H3,(H,13,14)(H,15,16). The molecule has 1 rings (SSSR count). The molecule has 0 saturated heterocycles. The highest BCUT2D eigenvalue weighted by atomic mass is 16.4. The van der Waals surface area contributed by atoms with Gasteiger partial charge in [-0.15, -0.1) is 0 Å². The van der Waals surface area contributed by atoms with Gasteiger partial charge in [-0.2, -0.15) is 0 Å². The third-order valence-electron chi connectivity index (χ3n) is 3.37. The molecule has 0 radical (unpaired) electrons. The summed E-state index contributed by atoms with van der Waals surface area (Å²) < 4.78 is 0. The van der Waals surface area contributed by atoms with Crippen molar-refractivity contribution >= 4 is 11.9 Å². The Bertz CT molecular complexity index is 247. The topological polar surface area (TPSA) is 66.4 Å². The fourth-order valence-corrected chi connectivity index (χ4v) is 2.51. The van der Waals surface area contributed by atoms with Gasteiger partial charge in [-0.1, -0.05) is 32.1 Å². The van der Waals surface area contributed by atoms with Crippen LogP contribution in [0.4, 0.5) is 0 Å². The number of hydrogen-bond donors (Lipinski definition) is 2. The molecule has 1 aliphatic carbocycles. The van der Waals surface area contributed by atoms with Crippen LogP contribution in [0.25, 0.3) is 0 Å². The summed E-state index contributed by atoms with van der Waals surface area (Å²) in [6, 6.07) is 0. The number of hydrogen-bond acceptors (Lipinski definition) is 2. The van der Waals surface area contributed by atoms with Gasteiger partial charge in [0.25, 0.3) is 0 Å². The maximum absolute atomic E-state index is 10.9. The summed E-state index contributed by atoms with van der Waals surface area (Å²) in [5.74, 6) is -0.273. The zero-order valence-electron chi connectivity index (χ0n) is 9.87. The number of carboxylic acid groups (broad SMARTS) is 1. The molecule has 4 nitrogen and oxygen atoms in total. The summed E-state index contributed by atoms with van der Waals surface area (Å²) in [4.78, 5) is 21.6. The number of rotatable bonds is 5. The summed E-state index contributed by atoms with van der Waals surface area (Å²) in [5.41, 5.74) is 0. The molecule has 0 aromatic carbocycles. The molecule has 0 aliphatic heterocycles. The quantitative estimate of drug-likeness (QED) is 0.752. The summed E-state index contributed by atoms with van der Waals surface area (Å²) in [5, 5.41) is 11.6. The molecule has 1 atom stereocenters. The first-order chi connectivity index (χ1) is 7.59. The van der Waals surface area contributed by atoms with E-state index in [0.717, 1.165) is 12.8 Å². The molecule has 0 spiro atoms. The van der Waals surface area contributed by atoms with Crippen LogP contribution in [0.15, 0.2) is 0 Å². The number of carbonyl (C=O) groups excluding carboxylic acids is 1. The van der Waals surface area contributed by atoms with Crippen molar-refractivity contribution in [2.24, 2.45) is 11.8 Å². The van der Waals surface area contributed by atoms with E-state index in [2.05, 4.69) is 5.32 Å². The van der Waals surface area contributed by atoms with Gasteiger partial charge in [0.2, 0.25) is 5.91 Å². The molecule has 1 saturated carbocycles. The number of carboxylic acids is 1. The van der Waals surface area contributed by atoms with E-state index in [1.807, 2.05) is 0 Å². The molecular weight excluding hydrogens is 206 g/mol. The zero-order chi connectivity index (χ0) is 12.0. The third kappa shape index (κ3) is 4.64. The maximum atomic E-state index is 10.9. The first kappa shape index (κ1) is 13.0. The van der Waals surface area contributed by atoms with Crippen LogP contribution in [0, 0.1) is 11.8 Å². The lowest BCUT2D eigenvalue weighted by molar-refractivity contribution is -0.139. The van der Waals surface area contributed by atoms with Crippen molar-refractivity contribution in [1.82, 2.24) is 5.32 Å². The van der Waals surface area contributed by atoms with Crippen LogP contribution >= 0.6 is 0 Å². The van der Waals surface area contributed by atoms with E-state index in [-0.39, 0.29) is 18.2 Å². The van der Waals surface area contributed by atoms with E-state index >= 15 is 0 Å². The zero-order valence-corrected chi connectivity index (χ0v) is 9.87. The second-order valence-electron chi connectivity index (χ2n) is 4.69. The van der Waals surface area contributed by atoms with Crippen molar-refractivity contribution in [1.29, 1.82) is 0 Å². The van der Waals surface area contributed by atoms with Gasteiger partial charge in [0, 0.05) is 13.5 Å². The Labute approximate surface area is 96.4 Å². The largest absolute Gasteiger partial charge is 0.481 e. The number of carbonyl (C=O) groups is 2. The van der Waals surface area contributed by atoms with Crippen molar-refractivity contribution in [3.63, 3.8) is 0 Å². The van der Waals surface area contributed by atoms with Crippen molar-refractivity contribution in [2.75, 3.05) is 6.54 Å². The van der Waals surface area contributed by atoms with Crippen LogP contribution < -0.4 is 5.32 Å². The molecule has 0 aromatic heterocycles. The van der Waals surface area contributed by atoms with Crippen LogP contribution in [0.3, 0.4) is 0 Å². The van der Waals surface area contributed by atoms with Gasteiger partial charge >= 0.3 is 5.97 Å². The molecule has 4 heteroatoms. The van der Waals surface area contributed by atoms with E-state index in [1.54, 1.807) is 0 Å². The number of aliphatic carboxylic acids is 1. The molecule has 0 bridgehead atoms. The predicted molar refractivity (Wildman–Crippen MR) is 61.0 cm³/mol. The lowest BCUT2D eigenvalue weighted by atomic mass is 9.78. The smallest absolute Gasteiger partial charge is 0.303 e. The highest BCUT2D eigenvalue weighted by molar-refractivity contribution is 5.73. The molecule has 1 fully saturated rings. The third-order valence-corrected chi connectivity index (χ3v) is 3.37. The van der Waals surface area contributed by atoms with Crippen LogP contribution in [0.1, 0.15) is 45.4 Å². The highest BCUT2D eigenvalue weighted by Gasteiger charge is 2.25. The maximum Gasteiger partial charge on any atom is 0.303 e. The molecule has 16 heavy (non-hydrogen) atoms.